The van der Waals surface area contributed by atoms with Crippen LogP contribution in [0.2, 0.25) is 0 Å². The van der Waals surface area contributed by atoms with E-state index in [1.807, 2.05) is 18.3 Å². The average molecular weight is 543 g/mol. The number of nitrogens with two attached hydrogens (primary N) is 1. The molecule has 212 valence electrons. The topological polar surface area (TPSA) is 157 Å². The van der Waals surface area contributed by atoms with Crippen molar-refractivity contribution in [3.05, 3.63) is 23.5 Å². The molecule has 1 unspecified atom stereocenters. The number of likely N-dealkylation sites (N-methyl/N-ethyl adjacent to an activating group) is 1. The molecule has 0 spiro atoms. The Balaban J connectivity index is 1.55. The van der Waals surface area contributed by atoms with Crippen molar-refractivity contribution in [1.29, 1.82) is 0 Å². The minimum atomic E-state index is -0.741. The van der Waals surface area contributed by atoms with E-state index >= 15 is 0 Å². The second kappa shape index (κ2) is 11.5. The zero-order valence-corrected chi connectivity index (χ0v) is 23.2. The summed E-state index contributed by atoms with van der Waals surface area (Å²) in [6, 6.07) is 1.03. The first-order valence-corrected chi connectivity index (χ1v) is 13.3. The van der Waals surface area contributed by atoms with Crippen molar-refractivity contribution in [2.24, 2.45) is 5.10 Å². The second-order valence-corrected chi connectivity index (χ2v) is 10.9. The van der Waals surface area contributed by atoms with Gasteiger partial charge in [0, 0.05) is 56.4 Å². The van der Waals surface area contributed by atoms with Crippen molar-refractivity contribution in [1.82, 2.24) is 29.8 Å². The van der Waals surface area contributed by atoms with Crippen LogP contribution in [-0.4, -0.2) is 93.6 Å². The molecular weight excluding hydrogens is 504 g/mol. The average Bonchev–Trinajstić information content (AvgIpc) is 3.49. The predicted octanol–water partition coefficient (Wildman–Crippen LogP) is 1.88. The number of ether oxygens (including phenoxy) is 2. The minimum absolute atomic E-state index is 0.0435. The zero-order valence-electron chi connectivity index (χ0n) is 23.2. The molecule has 2 aromatic rings. The van der Waals surface area contributed by atoms with Crippen LogP contribution in [0.5, 0.6) is 0 Å². The van der Waals surface area contributed by atoms with Gasteiger partial charge in [0.2, 0.25) is 5.91 Å². The summed E-state index contributed by atoms with van der Waals surface area (Å²) in [5.41, 5.74) is 7.93. The number of hydrazone groups is 1. The highest BCUT2D eigenvalue weighted by atomic mass is 16.6. The van der Waals surface area contributed by atoms with Gasteiger partial charge in [0.15, 0.2) is 5.65 Å². The number of nitrogen functional groups attached to an aromatic ring is 1. The molecule has 1 saturated heterocycles. The molecule has 13 nitrogen and oxygen atoms in total. The highest BCUT2D eigenvalue weighted by molar-refractivity contribution is 5.86. The number of amides is 2. The molecule has 2 aromatic heterocycles. The van der Waals surface area contributed by atoms with Crippen molar-refractivity contribution >= 4 is 35.6 Å². The molecule has 1 fully saturated rings. The number of anilines is 1. The van der Waals surface area contributed by atoms with Crippen molar-refractivity contribution < 1.29 is 23.9 Å². The van der Waals surface area contributed by atoms with Gasteiger partial charge in [-0.1, -0.05) is 0 Å². The van der Waals surface area contributed by atoms with Gasteiger partial charge in [0.05, 0.1) is 24.9 Å². The fourth-order valence-corrected chi connectivity index (χ4v) is 4.89. The molecule has 4 heterocycles. The number of hydrogen-bond acceptors (Lipinski definition) is 10. The van der Waals surface area contributed by atoms with Crippen LogP contribution in [0.25, 0.3) is 5.65 Å². The first kappa shape index (κ1) is 28.1. The van der Waals surface area contributed by atoms with Crippen LogP contribution in [0.15, 0.2) is 17.4 Å². The quantitative estimate of drug-likeness (QED) is 0.499. The van der Waals surface area contributed by atoms with E-state index in [2.05, 4.69) is 15.5 Å². The Morgan fingerprint density at radius 3 is 2.64 bits per heavy atom. The Morgan fingerprint density at radius 1 is 1.21 bits per heavy atom. The number of carbonyl (C=O) groups excluding carboxylic acids is 3. The molecule has 0 radical (unpaired) electrons. The third-order valence-electron chi connectivity index (χ3n) is 6.72. The Labute approximate surface area is 227 Å². The number of esters is 1. The largest absolute Gasteiger partial charge is 0.466 e. The van der Waals surface area contributed by atoms with E-state index in [1.54, 1.807) is 44.5 Å². The molecule has 3 N–H and O–H groups in total. The fraction of sp³-hybridized carbons (Fsp3) is 0.615. The van der Waals surface area contributed by atoms with Gasteiger partial charge in [-0.25, -0.2) is 9.78 Å². The van der Waals surface area contributed by atoms with Crippen molar-refractivity contribution in [2.45, 2.75) is 70.4 Å². The molecular formula is C26H38N8O5. The number of nitrogens with one attached hydrogen (secondary N) is 1. The number of carbonyl (C=O) groups is 3. The van der Waals surface area contributed by atoms with Crippen molar-refractivity contribution in [3.8, 4) is 0 Å². The maximum atomic E-state index is 13.2. The third kappa shape index (κ3) is 6.58. The first-order valence-electron chi connectivity index (χ1n) is 13.3. The number of likely N-dealkylation sites (tertiary alicyclic amines) is 1. The standard InChI is InChI=1S/C26H38N8O5/c1-6-38-22(35)9-10-28-24(36)20-8-7-16(15-33(20)25(37)39-26(2,3)4)19-11-21(27)34-23(31-19)18(13-30-34)17-12-29-32(5)14-17/h11-13,16-17,20H,6-10,14-15,27H2,1-5H3,(H,28,36)/t16-,17?,20-/m0/s1. The molecule has 39 heavy (non-hydrogen) atoms. The summed E-state index contributed by atoms with van der Waals surface area (Å²) in [4.78, 5) is 44.4. The van der Waals surface area contributed by atoms with E-state index in [1.165, 1.54) is 4.90 Å². The number of rotatable bonds is 7. The van der Waals surface area contributed by atoms with Gasteiger partial charge in [0.1, 0.15) is 17.5 Å². The lowest BCUT2D eigenvalue weighted by Gasteiger charge is -2.39. The number of hydrogen-bond donors (Lipinski definition) is 2. The van der Waals surface area contributed by atoms with Gasteiger partial charge in [-0.15, -0.1) is 0 Å². The Hall–Kier alpha value is -3.90. The predicted molar refractivity (Wildman–Crippen MR) is 144 cm³/mol. The molecule has 13 heteroatoms. The monoisotopic (exact) mass is 542 g/mol. The highest BCUT2D eigenvalue weighted by Gasteiger charge is 2.39. The lowest BCUT2D eigenvalue weighted by molar-refractivity contribution is -0.143. The van der Waals surface area contributed by atoms with E-state index < -0.39 is 17.7 Å². The molecule has 2 aliphatic heterocycles. The molecule has 0 aromatic carbocycles. The lowest BCUT2D eigenvalue weighted by Crippen LogP contribution is -2.54. The Kier molecular flexibility index (Phi) is 8.26. The summed E-state index contributed by atoms with van der Waals surface area (Å²) >= 11 is 0. The summed E-state index contributed by atoms with van der Waals surface area (Å²) in [7, 11) is 1.91. The normalized spacial score (nSPS) is 21.3. The summed E-state index contributed by atoms with van der Waals surface area (Å²) in [5, 5.41) is 13.4. The van der Waals surface area contributed by atoms with Crippen molar-refractivity contribution in [2.75, 3.05) is 39.0 Å². The smallest absolute Gasteiger partial charge is 0.410 e. The van der Waals surface area contributed by atoms with Crippen LogP contribution < -0.4 is 11.1 Å². The SMILES string of the molecule is CCOC(=O)CCNC(=O)[C@@H]1CC[C@H](c2cc(N)n3ncc(C4C=NN(C)C4)c3n2)CN1C(=O)OC(C)(C)C. The van der Waals surface area contributed by atoms with Crippen LogP contribution in [-0.2, 0) is 19.1 Å². The van der Waals surface area contributed by atoms with Crippen LogP contribution in [0.4, 0.5) is 10.6 Å². The van der Waals surface area contributed by atoms with Crippen LogP contribution >= 0.6 is 0 Å². The van der Waals surface area contributed by atoms with Gasteiger partial charge in [0.25, 0.3) is 0 Å². The number of piperidine rings is 1. The molecule has 3 atom stereocenters. The van der Waals surface area contributed by atoms with Crippen LogP contribution in [0.1, 0.15) is 70.1 Å². The van der Waals surface area contributed by atoms with E-state index in [9.17, 15) is 14.4 Å². The molecule has 0 aliphatic carbocycles. The Bertz CT molecular complexity index is 1250. The van der Waals surface area contributed by atoms with E-state index in [4.69, 9.17) is 20.2 Å². The van der Waals surface area contributed by atoms with Gasteiger partial charge in [-0.2, -0.15) is 14.7 Å². The third-order valence-corrected chi connectivity index (χ3v) is 6.72. The molecule has 0 bridgehead atoms. The number of fused-ring (bicyclic) bond motifs is 1. The van der Waals surface area contributed by atoms with E-state index in [0.29, 0.717) is 24.3 Å². The number of aromatic nitrogens is 3. The van der Waals surface area contributed by atoms with Gasteiger partial charge in [-0.3, -0.25) is 19.5 Å². The second-order valence-electron chi connectivity index (χ2n) is 10.9. The van der Waals surface area contributed by atoms with E-state index in [-0.39, 0.29) is 49.8 Å². The highest BCUT2D eigenvalue weighted by Crippen LogP contribution is 2.33. The molecule has 2 amide bonds. The summed E-state index contributed by atoms with van der Waals surface area (Å²) < 4.78 is 12.2. The number of nitrogens with zero attached hydrogens (tertiary/aromatic N) is 6. The maximum absolute atomic E-state index is 13.2. The van der Waals surface area contributed by atoms with Gasteiger partial charge in [-0.05, 0) is 40.5 Å². The van der Waals surface area contributed by atoms with E-state index in [0.717, 1.165) is 17.8 Å². The van der Waals surface area contributed by atoms with Crippen LogP contribution in [0.3, 0.4) is 0 Å². The van der Waals surface area contributed by atoms with Crippen LogP contribution in [0, 0.1) is 0 Å². The maximum Gasteiger partial charge on any atom is 0.410 e. The lowest BCUT2D eigenvalue weighted by atomic mass is 9.89. The molecule has 0 saturated carbocycles. The summed E-state index contributed by atoms with van der Waals surface area (Å²) in [6.07, 6.45) is 4.12. The summed E-state index contributed by atoms with van der Waals surface area (Å²) in [5.74, 6) is -0.418. The first-order chi connectivity index (χ1) is 18.5. The molecule has 2 aliphatic rings. The Morgan fingerprint density at radius 2 is 1.97 bits per heavy atom. The van der Waals surface area contributed by atoms with Gasteiger partial charge >= 0.3 is 12.1 Å². The fourth-order valence-electron chi connectivity index (χ4n) is 4.89. The molecule has 4 rings (SSSR count). The van der Waals surface area contributed by atoms with Gasteiger partial charge < -0.3 is 20.5 Å². The van der Waals surface area contributed by atoms with Crippen molar-refractivity contribution in [3.63, 3.8) is 0 Å². The summed E-state index contributed by atoms with van der Waals surface area (Å²) in [6.45, 7) is 8.41. The zero-order chi connectivity index (χ0) is 28.3. The minimum Gasteiger partial charge on any atom is -0.466 e.